The molecule has 2 aromatic rings. The van der Waals surface area contributed by atoms with Crippen molar-refractivity contribution < 1.29 is 0 Å². The van der Waals surface area contributed by atoms with Crippen LogP contribution in [0.4, 0.5) is 0 Å². The van der Waals surface area contributed by atoms with Crippen molar-refractivity contribution in [1.82, 2.24) is 19.9 Å². The molecule has 0 radical (unpaired) electrons. The summed E-state index contributed by atoms with van der Waals surface area (Å²) in [7, 11) is 0. The van der Waals surface area contributed by atoms with E-state index in [0.29, 0.717) is 5.82 Å². The van der Waals surface area contributed by atoms with Crippen LogP contribution in [0.15, 0.2) is 29.3 Å². The zero-order valence-electron chi connectivity index (χ0n) is 14.0. The first kappa shape index (κ1) is 15.5. The molecule has 0 unspecified atom stereocenters. The van der Waals surface area contributed by atoms with E-state index >= 15 is 0 Å². The molecule has 0 atom stereocenters. The normalized spacial score (nSPS) is 19.2. The molecule has 5 heteroatoms. The minimum absolute atomic E-state index is 0.0140. The molecule has 5 nitrogen and oxygen atoms in total. The Kier molecular flexibility index (Phi) is 4.43. The van der Waals surface area contributed by atoms with E-state index in [0.717, 1.165) is 48.8 Å². The van der Waals surface area contributed by atoms with Crippen molar-refractivity contribution in [3.63, 3.8) is 0 Å². The summed E-state index contributed by atoms with van der Waals surface area (Å²) < 4.78 is 0. The van der Waals surface area contributed by atoms with Crippen LogP contribution in [0, 0.1) is 5.92 Å². The van der Waals surface area contributed by atoms with Gasteiger partial charge >= 0.3 is 0 Å². The number of rotatable bonds is 3. The summed E-state index contributed by atoms with van der Waals surface area (Å²) in [5, 5.41) is 0. The minimum atomic E-state index is 0.0140. The molecule has 0 spiro atoms. The number of nitrogens with zero attached hydrogens (tertiary/aromatic N) is 3. The molecule has 126 valence electrons. The Morgan fingerprint density at radius 2 is 1.96 bits per heavy atom. The Bertz CT molecular complexity index is 750. The van der Waals surface area contributed by atoms with Crippen molar-refractivity contribution in [2.24, 2.45) is 5.92 Å². The molecule has 0 aromatic carbocycles. The quantitative estimate of drug-likeness (QED) is 0.943. The van der Waals surface area contributed by atoms with Gasteiger partial charge in [0.2, 0.25) is 0 Å². The monoisotopic (exact) mass is 324 g/mol. The third kappa shape index (κ3) is 3.26. The van der Waals surface area contributed by atoms with Gasteiger partial charge in [-0.25, -0.2) is 4.98 Å². The van der Waals surface area contributed by atoms with E-state index in [1.807, 2.05) is 12.1 Å². The van der Waals surface area contributed by atoms with E-state index in [-0.39, 0.29) is 5.56 Å². The maximum atomic E-state index is 12.6. The van der Waals surface area contributed by atoms with Crippen LogP contribution in [0.1, 0.15) is 43.4 Å². The second-order valence-electron chi connectivity index (χ2n) is 7.06. The zero-order valence-corrected chi connectivity index (χ0v) is 14.0. The molecule has 1 aliphatic carbocycles. The molecule has 0 amide bonds. The molecule has 1 N–H and O–H groups in total. The number of aromatic amines is 1. The van der Waals surface area contributed by atoms with Gasteiger partial charge in [-0.05, 0) is 30.9 Å². The Hall–Kier alpha value is -2.01. The third-order valence-corrected chi connectivity index (χ3v) is 5.34. The molecular weight excluding hydrogens is 300 g/mol. The molecule has 1 aliphatic heterocycles. The SMILES string of the molecule is O=c1[nH]c(-c2ccncc2)nc2c1CN(CC1CCCCC1)CC2. The number of aromatic nitrogens is 3. The smallest absolute Gasteiger partial charge is 0.255 e. The third-order valence-electron chi connectivity index (χ3n) is 5.34. The summed E-state index contributed by atoms with van der Waals surface area (Å²) in [6, 6.07) is 3.76. The highest BCUT2D eigenvalue weighted by Crippen LogP contribution is 2.26. The molecule has 1 saturated carbocycles. The fourth-order valence-electron chi connectivity index (χ4n) is 4.02. The summed E-state index contributed by atoms with van der Waals surface area (Å²) in [6.45, 7) is 2.88. The van der Waals surface area contributed by atoms with E-state index in [1.165, 1.54) is 32.1 Å². The van der Waals surface area contributed by atoms with Gasteiger partial charge in [-0.1, -0.05) is 19.3 Å². The predicted octanol–water partition coefficient (Wildman–Crippen LogP) is 2.77. The number of nitrogens with one attached hydrogen (secondary N) is 1. The van der Waals surface area contributed by atoms with Gasteiger partial charge in [0.05, 0.1) is 11.3 Å². The van der Waals surface area contributed by atoms with E-state index in [2.05, 4.69) is 14.9 Å². The Morgan fingerprint density at radius 1 is 1.17 bits per heavy atom. The maximum Gasteiger partial charge on any atom is 0.255 e. The molecule has 0 bridgehead atoms. The Labute approximate surface area is 142 Å². The molecule has 1 fully saturated rings. The minimum Gasteiger partial charge on any atom is -0.306 e. The number of H-pyrrole nitrogens is 1. The number of pyridine rings is 1. The Balaban J connectivity index is 1.53. The first-order valence-electron chi connectivity index (χ1n) is 9.04. The maximum absolute atomic E-state index is 12.6. The number of fused-ring (bicyclic) bond motifs is 1. The van der Waals surface area contributed by atoms with Crippen molar-refractivity contribution >= 4 is 0 Å². The number of hydrogen-bond acceptors (Lipinski definition) is 4. The molecule has 2 aromatic heterocycles. The number of hydrogen-bond donors (Lipinski definition) is 1. The highest BCUT2D eigenvalue weighted by atomic mass is 16.1. The van der Waals surface area contributed by atoms with Gasteiger partial charge in [-0.15, -0.1) is 0 Å². The van der Waals surface area contributed by atoms with E-state index in [1.54, 1.807) is 12.4 Å². The van der Waals surface area contributed by atoms with Crippen molar-refractivity contribution in [1.29, 1.82) is 0 Å². The highest BCUT2D eigenvalue weighted by Gasteiger charge is 2.24. The van der Waals surface area contributed by atoms with Crippen molar-refractivity contribution in [3.05, 3.63) is 46.1 Å². The van der Waals surface area contributed by atoms with Crippen LogP contribution < -0.4 is 5.56 Å². The van der Waals surface area contributed by atoms with Gasteiger partial charge in [-0.2, -0.15) is 0 Å². The molecule has 24 heavy (non-hydrogen) atoms. The van der Waals surface area contributed by atoms with Gasteiger partial charge in [0.15, 0.2) is 0 Å². The summed E-state index contributed by atoms with van der Waals surface area (Å²) in [4.78, 5) is 26.7. The molecule has 4 rings (SSSR count). The van der Waals surface area contributed by atoms with Crippen LogP contribution in [0.2, 0.25) is 0 Å². The second-order valence-corrected chi connectivity index (χ2v) is 7.06. The second kappa shape index (κ2) is 6.85. The molecular formula is C19H24N4O. The lowest BCUT2D eigenvalue weighted by molar-refractivity contribution is 0.185. The lowest BCUT2D eigenvalue weighted by Crippen LogP contribution is -2.38. The van der Waals surface area contributed by atoms with Crippen LogP contribution >= 0.6 is 0 Å². The first-order chi connectivity index (χ1) is 11.8. The van der Waals surface area contributed by atoms with Crippen molar-refractivity contribution in [2.75, 3.05) is 13.1 Å². The fraction of sp³-hybridized carbons (Fsp3) is 0.526. The zero-order chi connectivity index (χ0) is 16.4. The summed E-state index contributed by atoms with van der Waals surface area (Å²) in [6.07, 6.45) is 11.1. The molecule has 3 heterocycles. The standard InChI is InChI=1S/C19H24N4O/c24-19-16-13-23(12-14-4-2-1-3-5-14)11-8-17(16)21-18(22-19)15-6-9-20-10-7-15/h6-7,9-10,14H,1-5,8,11-13H2,(H,21,22,24). The lowest BCUT2D eigenvalue weighted by atomic mass is 9.88. The van der Waals surface area contributed by atoms with E-state index < -0.39 is 0 Å². The van der Waals surface area contributed by atoms with Crippen LogP contribution in [0.3, 0.4) is 0 Å². The Morgan fingerprint density at radius 3 is 2.75 bits per heavy atom. The van der Waals surface area contributed by atoms with E-state index in [9.17, 15) is 4.79 Å². The van der Waals surface area contributed by atoms with Crippen LogP contribution in [0.5, 0.6) is 0 Å². The van der Waals surface area contributed by atoms with E-state index in [4.69, 9.17) is 4.98 Å². The van der Waals surface area contributed by atoms with Crippen molar-refractivity contribution in [3.8, 4) is 11.4 Å². The highest BCUT2D eigenvalue weighted by molar-refractivity contribution is 5.54. The predicted molar refractivity (Wildman–Crippen MR) is 93.6 cm³/mol. The lowest BCUT2D eigenvalue weighted by Gasteiger charge is -2.32. The average molecular weight is 324 g/mol. The molecule has 0 saturated heterocycles. The van der Waals surface area contributed by atoms with Crippen LogP contribution in [-0.2, 0) is 13.0 Å². The van der Waals surface area contributed by atoms with Gasteiger partial charge in [0.1, 0.15) is 5.82 Å². The average Bonchev–Trinajstić information content (AvgIpc) is 2.64. The van der Waals surface area contributed by atoms with Gasteiger partial charge < -0.3 is 4.98 Å². The topological polar surface area (TPSA) is 61.9 Å². The summed E-state index contributed by atoms with van der Waals surface area (Å²) >= 11 is 0. The van der Waals surface area contributed by atoms with Crippen molar-refractivity contribution in [2.45, 2.75) is 45.1 Å². The fourth-order valence-corrected chi connectivity index (χ4v) is 4.02. The first-order valence-corrected chi connectivity index (χ1v) is 9.04. The summed E-state index contributed by atoms with van der Waals surface area (Å²) in [5.41, 5.74) is 2.75. The van der Waals surface area contributed by atoms with Crippen LogP contribution in [-0.4, -0.2) is 32.9 Å². The summed E-state index contributed by atoms with van der Waals surface area (Å²) in [5.74, 6) is 1.46. The van der Waals surface area contributed by atoms with Crippen LogP contribution in [0.25, 0.3) is 11.4 Å². The molecule has 2 aliphatic rings. The largest absolute Gasteiger partial charge is 0.306 e. The van der Waals surface area contributed by atoms with Gasteiger partial charge in [0.25, 0.3) is 5.56 Å². The van der Waals surface area contributed by atoms with Gasteiger partial charge in [0, 0.05) is 44.0 Å². The van der Waals surface area contributed by atoms with Gasteiger partial charge in [-0.3, -0.25) is 14.7 Å².